The highest BCUT2D eigenvalue weighted by Gasteiger charge is 2.21. The minimum Gasteiger partial charge on any atom is -0.336 e. The lowest BCUT2D eigenvalue weighted by molar-refractivity contribution is 0.0783. The molecule has 0 aliphatic heterocycles. The second-order valence-corrected chi connectivity index (χ2v) is 7.31. The van der Waals surface area contributed by atoms with Crippen LogP contribution in [0.1, 0.15) is 28.5 Å². The topological polar surface area (TPSA) is 68.3 Å². The van der Waals surface area contributed by atoms with Crippen LogP contribution in [-0.2, 0) is 13.1 Å². The van der Waals surface area contributed by atoms with Crippen molar-refractivity contribution in [2.24, 2.45) is 0 Å². The maximum absolute atomic E-state index is 13.1. The molecule has 0 aliphatic rings. The molecule has 4 rings (SSSR count). The lowest BCUT2D eigenvalue weighted by Crippen LogP contribution is -2.27. The number of rotatable bonds is 5. The van der Waals surface area contributed by atoms with Crippen molar-refractivity contribution in [3.63, 3.8) is 0 Å². The number of carbonyl (C=O) groups excluding carboxylic acids is 1. The molecule has 1 aromatic carbocycles. The molecule has 0 fully saturated rings. The number of carbonyl (C=O) groups is 1. The third kappa shape index (κ3) is 3.49. The van der Waals surface area contributed by atoms with Crippen LogP contribution in [0.4, 0.5) is 0 Å². The summed E-state index contributed by atoms with van der Waals surface area (Å²) in [6.45, 7) is 5.06. The van der Waals surface area contributed by atoms with Gasteiger partial charge in [-0.2, -0.15) is 10.2 Å². The number of fused-ring (bicyclic) bond motifs is 1. The summed E-state index contributed by atoms with van der Waals surface area (Å²) in [4.78, 5) is 19.1. The van der Waals surface area contributed by atoms with Crippen molar-refractivity contribution in [3.8, 4) is 11.3 Å². The van der Waals surface area contributed by atoms with Crippen molar-refractivity contribution in [2.45, 2.75) is 26.9 Å². The quantitative estimate of drug-likeness (QED) is 0.503. The Morgan fingerprint density at radius 1 is 1.14 bits per heavy atom. The van der Waals surface area contributed by atoms with Gasteiger partial charge in [-0.3, -0.25) is 9.48 Å². The third-order valence-corrected chi connectivity index (χ3v) is 5.23. The van der Waals surface area contributed by atoms with Crippen LogP contribution in [0.2, 0.25) is 5.02 Å². The van der Waals surface area contributed by atoms with Crippen molar-refractivity contribution in [3.05, 3.63) is 70.8 Å². The molecule has 3 heterocycles. The fourth-order valence-corrected chi connectivity index (χ4v) is 3.51. The summed E-state index contributed by atoms with van der Waals surface area (Å²) < 4.78 is 3.49. The SMILES string of the molecule is CCn1ncc(Cl)c1CN(C)C(=O)c1cnn2c(-c3ccc(C)cc3)ccnc12. The van der Waals surface area contributed by atoms with E-state index < -0.39 is 0 Å². The summed E-state index contributed by atoms with van der Waals surface area (Å²) >= 11 is 6.24. The van der Waals surface area contributed by atoms with Gasteiger partial charge in [0, 0.05) is 25.4 Å². The maximum atomic E-state index is 13.1. The summed E-state index contributed by atoms with van der Waals surface area (Å²) in [6.07, 6.45) is 4.87. The Hall–Kier alpha value is -3.19. The van der Waals surface area contributed by atoms with Gasteiger partial charge in [-0.05, 0) is 19.9 Å². The Balaban J connectivity index is 1.67. The number of aromatic nitrogens is 5. The van der Waals surface area contributed by atoms with Gasteiger partial charge >= 0.3 is 0 Å². The van der Waals surface area contributed by atoms with Crippen LogP contribution in [0, 0.1) is 6.92 Å². The highest BCUT2D eigenvalue weighted by atomic mass is 35.5. The van der Waals surface area contributed by atoms with Gasteiger partial charge in [0.1, 0.15) is 5.56 Å². The van der Waals surface area contributed by atoms with E-state index in [4.69, 9.17) is 11.6 Å². The summed E-state index contributed by atoms with van der Waals surface area (Å²) in [5.74, 6) is -0.173. The monoisotopic (exact) mass is 408 g/mol. The first-order chi connectivity index (χ1) is 14.0. The summed E-state index contributed by atoms with van der Waals surface area (Å²) in [5.41, 5.74) is 4.84. The zero-order valence-electron chi connectivity index (χ0n) is 16.5. The van der Waals surface area contributed by atoms with Crippen molar-refractivity contribution in [1.29, 1.82) is 0 Å². The molecule has 0 spiro atoms. The number of benzene rings is 1. The molecule has 0 aliphatic carbocycles. The zero-order chi connectivity index (χ0) is 20.5. The number of nitrogens with zero attached hydrogens (tertiary/aromatic N) is 6. The molecule has 148 valence electrons. The van der Waals surface area contributed by atoms with E-state index >= 15 is 0 Å². The molecule has 0 saturated heterocycles. The molecule has 0 radical (unpaired) electrons. The molecule has 29 heavy (non-hydrogen) atoms. The molecule has 0 saturated carbocycles. The molecule has 3 aromatic heterocycles. The van der Waals surface area contributed by atoms with Gasteiger partial charge in [-0.1, -0.05) is 41.4 Å². The average molecular weight is 409 g/mol. The molecule has 7 nitrogen and oxygen atoms in total. The van der Waals surface area contributed by atoms with E-state index in [1.165, 1.54) is 5.56 Å². The van der Waals surface area contributed by atoms with Gasteiger partial charge in [-0.25, -0.2) is 9.50 Å². The van der Waals surface area contributed by atoms with E-state index in [0.717, 1.165) is 17.0 Å². The lowest BCUT2D eigenvalue weighted by atomic mass is 10.1. The van der Waals surface area contributed by atoms with Crippen molar-refractivity contribution < 1.29 is 4.79 Å². The van der Waals surface area contributed by atoms with Crippen molar-refractivity contribution in [2.75, 3.05) is 7.05 Å². The zero-order valence-corrected chi connectivity index (χ0v) is 17.3. The Morgan fingerprint density at radius 3 is 2.62 bits per heavy atom. The standard InChI is InChI=1S/C21H21ClN6O/c1-4-27-19(17(22)12-24-27)13-26(3)21(29)16-11-25-28-18(9-10-23-20(16)28)15-7-5-14(2)6-8-15/h5-12H,4,13H2,1-3H3. The van der Waals surface area contributed by atoms with Gasteiger partial charge in [0.05, 0.1) is 35.3 Å². The number of halogens is 1. The van der Waals surface area contributed by atoms with Crippen LogP contribution in [0.3, 0.4) is 0 Å². The van der Waals surface area contributed by atoms with E-state index in [0.29, 0.717) is 29.3 Å². The van der Waals surface area contributed by atoms with Crippen molar-refractivity contribution in [1.82, 2.24) is 29.3 Å². The van der Waals surface area contributed by atoms with E-state index in [-0.39, 0.29) is 5.91 Å². The largest absolute Gasteiger partial charge is 0.336 e. The molecule has 0 N–H and O–H groups in total. The van der Waals surface area contributed by atoms with E-state index in [1.807, 2.05) is 44.2 Å². The molecular weight excluding hydrogens is 388 g/mol. The Kier molecular flexibility index (Phi) is 5.07. The first kappa shape index (κ1) is 19.1. The van der Waals surface area contributed by atoms with Gasteiger partial charge < -0.3 is 4.90 Å². The highest BCUT2D eigenvalue weighted by molar-refractivity contribution is 6.31. The Bertz CT molecular complexity index is 1180. The summed E-state index contributed by atoms with van der Waals surface area (Å²) in [5, 5.41) is 9.21. The first-order valence-corrected chi connectivity index (χ1v) is 9.72. The smallest absolute Gasteiger partial charge is 0.259 e. The minimum absolute atomic E-state index is 0.173. The molecule has 1 amide bonds. The predicted octanol–water partition coefficient (Wildman–Crippen LogP) is 3.85. The van der Waals surface area contributed by atoms with Crippen LogP contribution >= 0.6 is 11.6 Å². The molecule has 0 unspecified atom stereocenters. The van der Waals surface area contributed by atoms with Gasteiger partial charge in [0.15, 0.2) is 5.65 Å². The second kappa shape index (κ2) is 7.67. The normalized spacial score (nSPS) is 11.2. The van der Waals surface area contributed by atoms with Crippen molar-refractivity contribution >= 4 is 23.2 Å². The first-order valence-electron chi connectivity index (χ1n) is 9.35. The van der Waals surface area contributed by atoms with E-state index in [2.05, 4.69) is 15.2 Å². The summed E-state index contributed by atoms with van der Waals surface area (Å²) in [7, 11) is 1.74. The molecular formula is C21H21ClN6O. The molecule has 8 heteroatoms. The highest BCUT2D eigenvalue weighted by Crippen LogP contribution is 2.23. The van der Waals surface area contributed by atoms with Gasteiger partial charge in [0.2, 0.25) is 0 Å². The second-order valence-electron chi connectivity index (χ2n) is 6.91. The average Bonchev–Trinajstić information content (AvgIpc) is 3.31. The number of aryl methyl sites for hydroxylation is 2. The molecule has 0 bridgehead atoms. The summed E-state index contributed by atoms with van der Waals surface area (Å²) in [6, 6.07) is 10.1. The molecule has 4 aromatic rings. The Labute approximate surface area is 173 Å². The minimum atomic E-state index is -0.173. The predicted molar refractivity (Wildman–Crippen MR) is 112 cm³/mol. The number of hydrogen-bond acceptors (Lipinski definition) is 4. The lowest BCUT2D eigenvalue weighted by Gasteiger charge is -2.17. The van der Waals surface area contributed by atoms with Crippen LogP contribution < -0.4 is 0 Å². The fraction of sp³-hybridized carbons (Fsp3) is 0.238. The third-order valence-electron chi connectivity index (χ3n) is 4.91. The Morgan fingerprint density at radius 2 is 1.90 bits per heavy atom. The van der Waals surface area contributed by atoms with Gasteiger partial charge in [-0.15, -0.1) is 0 Å². The number of amides is 1. The van der Waals surface area contributed by atoms with Gasteiger partial charge in [0.25, 0.3) is 5.91 Å². The van der Waals surface area contributed by atoms with Crippen LogP contribution in [0.15, 0.2) is 48.9 Å². The van der Waals surface area contributed by atoms with Crippen LogP contribution in [-0.4, -0.2) is 42.2 Å². The van der Waals surface area contributed by atoms with E-state index in [1.54, 1.807) is 39.7 Å². The maximum Gasteiger partial charge on any atom is 0.259 e. The van der Waals surface area contributed by atoms with Crippen LogP contribution in [0.25, 0.3) is 16.9 Å². The van der Waals surface area contributed by atoms with Crippen LogP contribution in [0.5, 0.6) is 0 Å². The van der Waals surface area contributed by atoms with E-state index in [9.17, 15) is 4.79 Å². The molecule has 0 atom stereocenters. The number of hydrogen-bond donors (Lipinski definition) is 0. The fourth-order valence-electron chi connectivity index (χ4n) is 3.30.